The molecule has 2 aromatic carbocycles. The summed E-state index contributed by atoms with van der Waals surface area (Å²) in [6.07, 6.45) is 4.84. The Bertz CT molecular complexity index is 1060. The summed E-state index contributed by atoms with van der Waals surface area (Å²) < 4.78 is 0. The first-order valence-corrected chi connectivity index (χ1v) is 14.1. The minimum atomic E-state index is -0.872. The van der Waals surface area contributed by atoms with Crippen molar-refractivity contribution in [2.75, 3.05) is 27.7 Å². The molecule has 1 heterocycles. The van der Waals surface area contributed by atoms with Crippen molar-refractivity contribution in [2.45, 2.75) is 64.0 Å². The lowest BCUT2D eigenvalue weighted by atomic mass is 9.85. The van der Waals surface area contributed by atoms with Gasteiger partial charge in [-0.15, -0.1) is 0 Å². The van der Waals surface area contributed by atoms with Crippen molar-refractivity contribution in [2.24, 2.45) is 11.8 Å². The molecule has 39 heavy (non-hydrogen) atoms. The molecule has 2 amide bonds. The van der Waals surface area contributed by atoms with Crippen molar-refractivity contribution in [1.29, 1.82) is 0 Å². The van der Waals surface area contributed by atoms with E-state index in [1.807, 2.05) is 44.4 Å². The Hall–Kier alpha value is -3.23. The van der Waals surface area contributed by atoms with Gasteiger partial charge in [0.1, 0.15) is 6.04 Å². The molecule has 1 fully saturated rings. The number of rotatable bonds is 14. The van der Waals surface area contributed by atoms with E-state index in [4.69, 9.17) is 0 Å². The van der Waals surface area contributed by atoms with Gasteiger partial charge in [-0.1, -0.05) is 54.6 Å². The van der Waals surface area contributed by atoms with Crippen molar-refractivity contribution >= 4 is 17.8 Å². The van der Waals surface area contributed by atoms with E-state index in [0.717, 1.165) is 31.4 Å². The third-order valence-corrected chi connectivity index (χ3v) is 7.47. The number of benzene rings is 2. The van der Waals surface area contributed by atoms with Gasteiger partial charge in [-0.25, -0.2) is 5.43 Å². The molecule has 0 saturated carbocycles. The minimum Gasteiger partial charge on any atom is -0.481 e. The number of nitrogens with one attached hydrogen (secondary N) is 2. The highest BCUT2D eigenvalue weighted by Crippen LogP contribution is 2.27. The molecule has 1 aliphatic heterocycles. The standard InChI is InChI=1S/C31H44N4O4/c1-32-29(36)28-13-8-20-33-35(28)30(37)26(19-18-24-14-16-25(17-15-24)22-34(2)3)21-27(31(38)39)12-7-11-23-9-5-4-6-10-23/h4-6,9-10,14-17,26-28,33H,7-8,11-13,18-22H2,1-3H3,(H,32,36)(H,38,39)/t26-,27+,28+/m1/s1. The number of hydrazine groups is 1. The van der Waals surface area contributed by atoms with E-state index in [1.54, 1.807) is 7.05 Å². The maximum Gasteiger partial charge on any atom is 0.306 e. The first-order chi connectivity index (χ1) is 18.8. The number of nitrogens with zero attached hydrogens (tertiary/aromatic N) is 2. The maximum absolute atomic E-state index is 13.9. The third kappa shape index (κ3) is 9.48. The van der Waals surface area contributed by atoms with Crippen molar-refractivity contribution in [3.8, 4) is 0 Å². The predicted octanol–water partition coefficient (Wildman–Crippen LogP) is 3.65. The molecule has 2 aromatic rings. The van der Waals surface area contributed by atoms with Gasteiger partial charge < -0.3 is 15.3 Å². The van der Waals surface area contributed by atoms with E-state index in [2.05, 4.69) is 39.9 Å². The van der Waals surface area contributed by atoms with E-state index < -0.39 is 23.8 Å². The Morgan fingerprint density at radius 3 is 2.28 bits per heavy atom. The molecule has 0 aromatic heterocycles. The monoisotopic (exact) mass is 536 g/mol. The molecule has 3 rings (SSSR count). The molecule has 212 valence electrons. The summed E-state index contributed by atoms with van der Waals surface area (Å²) in [5, 5.41) is 14.2. The van der Waals surface area contributed by atoms with E-state index in [1.165, 1.54) is 16.1 Å². The zero-order valence-electron chi connectivity index (χ0n) is 23.6. The number of aliphatic carboxylic acids is 1. The molecule has 1 aliphatic rings. The number of carbonyl (C=O) groups excluding carboxylic acids is 2. The molecular weight excluding hydrogens is 492 g/mol. The highest BCUT2D eigenvalue weighted by atomic mass is 16.4. The summed E-state index contributed by atoms with van der Waals surface area (Å²) in [6, 6.07) is 17.8. The van der Waals surface area contributed by atoms with Gasteiger partial charge in [0.25, 0.3) is 0 Å². The average molecular weight is 537 g/mol. The second-order valence-electron chi connectivity index (χ2n) is 10.8. The Kier molecular flexibility index (Phi) is 12.0. The number of carboxylic acid groups (broad SMARTS) is 1. The number of carboxylic acids is 1. The van der Waals surface area contributed by atoms with Crippen LogP contribution in [0.4, 0.5) is 0 Å². The molecule has 0 spiro atoms. The molecule has 0 aliphatic carbocycles. The molecule has 3 N–H and O–H groups in total. The van der Waals surface area contributed by atoms with Crippen LogP contribution in [0, 0.1) is 11.8 Å². The van der Waals surface area contributed by atoms with Crippen LogP contribution in [-0.2, 0) is 33.8 Å². The molecule has 0 radical (unpaired) electrons. The Morgan fingerprint density at radius 1 is 0.974 bits per heavy atom. The zero-order valence-corrected chi connectivity index (χ0v) is 23.6. The van der Waals surface area contributed by atoms with Gasteiger partial charge >= 0.3 is 5.97 Å². The van der Waals surface area contributed by atoms with Crippen LogP contribution in [0.15, 0.2) is 54.6 Å². The van der Waals surface area contributed by atoms with Gasteiger partial charge in [-0.3, -0.25) is 19.4 Å². The Balaban J connectivity index is 1.74. The number of hydrogen-bond acceptors (Lipinski definition) is 5. The second-order valence-corrected chi connectivity index (χ2v) is 10.8. The number of carbonyl (C=O) groups is 3. The van der Waals surface area contributed by atoms with E-state index in [0.29, 0.717) is 32.2 Å². The lowest BCUT2D eigenvalue weighted by Crippen LogP contribution is -2.59. The largest absolute Gasteiger partial charge is 0.481 e. The maximum atomic E-state index is 13.9. The molecular formula is C31H44N4O4. The van der Waals surface area contributed by atoms with Gasteiger partial charge in [0, 0.05) is 26.1 Å². The van der Waals surface area contributed by atoms with Crippen molar-refractivity contribution in [3.05, 3.63) is 71.3 Å². The van der Waals surface area contributed by atoms with Crippen molar-refractivity contribution in [1.82, 2.24) is 20.7 Å². The van der Waals surface area contributed by atoms with Gasteiger partial charge in [0.05, 0.1) is 5.92 Å². The molecule has 8 heteroatoms. The fourth-order valence-electron chi connectivity index (χ4n) is 5.32. The molecule has 1 saturated heterocycles. The van der Waals surface area contributed by atoms with Crippen LogP contribution in [0.5, 0.6) is 0 Å². The van der Waals surface area contributed by atoms with Crippen molar-refractivity contribution in [3.63, 3.8) is 0 Å². The number of aryl methyl sites for hydroxylation is 2. The predicted molar refractivity (Wildman–Crippen MR) is 153 cm³/mol. The van der Waals surface area contributed by atoms with Crippen LogP contribution in [-0.4, -0.2) is 66.5 Å². The van der Waals surface area contributed by atoms with Crippen molar-refractivity contribution < 1.29 is 19.5 Å². The minimum absolute atomic E-state index is 0.193. The second kappa shape index (κ2) is 15.4. The highest BCUT2D eigenvalue weighted by Gasteiger charge is 2.37. The number of amides is 2. The summed E-state index contributed by atoms with van der Waals surface area (Å²) in [7, 11) is 5.64. The van der Waals surface area contributed by atoms with Crippen LogP contribution in [0.1, 0.15) is 55.2 Å². The molecule has 0 bridgehead atoms. The van der Waals surface area contributed by atoms with E-state index in [-0.39, 0.29) is 18.2 Å². The van der Waals surface area contributed by atoms with Crippen LogP contribution in [0.25, 0.3) is 0 Å². The van der Waals surface area contributed by atoms with Gasteiger partial charge in [0.2, 0.25) is 11.8 Å². The van der Waals surface area contributed by atoms with Crippen LogP contribution in [0.3, 0.4) is 0 Å². The average Bonchev–Trinajstić information content (AvgIpc) is 2.94. The molecule has 3 atom stereocenters. The quantitative estimate of drug-likeness (QED) is 0.341. The Morgan fingerprint density at radius 2 is 1.64 bits per heavy atom. The van der Waals surface area contributed by atoms with Crippen LogP contribution < -0.4 is 10.7 Å². The smallest absolute Gasteiger partial charge is 0.306 e. The summed E-state index contributed by atoms with van der Waals surface area (Å²) >= 11 is 0. The molecule has 0 unspecified atom stereocenters. The van der Waals surface area contributed by atoms with Gasteiger partial charge in [0.15, 0.2) is 0 Å². The van der Waals surface area contributed by atoms with Gasteiger partial charge in [-0.2, -0.15) is 0 Å². The van der Waals surface area contributed by atoms with Crippen LogP contribution >= 0.6 is 0 Å². The fraction of sp³-hybridized carbons (Fsp3) is 0.516. The Labute approximate surface area is 232 Å². The first kappa shape index (κ1) is 30.3. The summed E-state index contributed by atoms with van der Waals surface area (Å²) in [5.74, 6) is -2.41. The molecule has 8 nitrogen and oxygen atoms in total. The van der Waals surface area contributed by atoms with E-state index in [9.17, 15) is 19.5 Å². The SMILES string of the molecule is CNC(=O)[C@@H]1CCCNN1C(=O)[C@H](CCc1ccc(CN(C)C)cc1)C[C@H](CCCc1ccccc1)C(=O)O. The lowest BCUT2D eigenvalue weighted by Gasteiger charge is -2.37. The first-order valence-electron chi connectivity index (χ1n) is 14.1. The summed E-state index contributed by atoms with van der Waals surface area (Å²) in [5.41, 5.74) is 6.63. The third-order valence-electron chi connectivity index (χ3n) is 7.47. The number of hydrogen-bond donors (Lipinski definition) is 3. The normalized spacial score (nSPS) is 17.0. The topological polar surface area (TPSA) is 102 Å². The highest BCUT2D eigenvalue weighted by molar-refractivity contribution is 5.88. The summed E-state index contributed by atoms with van der Waals surface area (Å²) in [4.78, 5) is 40.8. The zero-order chi connectivity index (χ0) is 28.2. The lowest BCUT2D eigenvalue weighted by molar-refractivity contribution is -0.151. The van der Waals surface area contributed by atoms with Gasteiger partial charge in [-0.05, 0) is 82.2 Å². The fourth-order valence-corrected chi connectivity index (χ4v) is 5.32. The number of likely N-dealkylation sites (N-methyl/N-ethyl adjacent to an activating group) is 1. The summed E-state index contributed by atoms with van der Waals surface area (Å²) in [6.45, 7) is 1.46. The van der Waals surface area contributed by atoms with Crippen LogP contribution in [0.2, 0.25) is 0 Å². The van der Waals surface area contributed by atoms with E-state index >= 15 is 0 Å².